The number of nitrogens with one attached hydrogen (secondary N) is 1. The third-order valence-electron chi connectivity index (χ3n) is 3.82. The molecule has 26 heavy (non-hydrogen) atoms. The SMILES string of the molecule is Cc1ccccc1C(=O)c1ccc(OCC(=O)Nc2cccnc2)cc1. The highest BCUT2D eigenvalue weighted by atomic mass is 16.5. The van der Waals surface area contributed by atoms with Crippen LogP contribution in [0.5, 0.6) is 5.75 Å². The van der Waals surface area contributed by atoms with E-state index in [4.69, 9.17) is 4.74 Å². The van der Waals surface area contributed by atoms with Gasteiger partial charge in [-0.2, -0.15) is 0 Å². The van der Waals surface area contributed by atoms with Crippen molar-refractivity contribution in [1.29, 1.82) is 0 Å². The summed E-state index contributed by atoms with van der Waals surface area (Å²) in [4.78, 5) is 28.3. The van der Waals surface area contributed by atoms with Gasteiger partial charge in [-0.25, -0.2) is 0 Å². The predicted molar refractivity (Wildman–Crippen MR) is 99.4 cm³/mol. The Kier molecular flexibility index (Phi) is 5.39. The number of ether oxygens (including phenoxy) is 1. The lowest BCUT2D eigenvalue weighted by Gasteiger charge is -2.08. The van der Waals surface area contributed by atoms with Crippen molar-refractivity contribution in [3.05, 3.63) is 89.7 Å². The van der Waals surface area contributed by atoms with Gasteiger partial charge in [0.2, 0.25) is 0 Å². The number of anilines is 1. The molecule has 0 aliphatic heterocycles. The number of pyridine rings is 1. The molecule has 1 amide bonds. The van der Waals surface area contributed by atoms with E-state index in [-0.39, 0.29) is 18.3 Å². The lowest BCUT2D eigenvalue weighted by Crippen LogP contribution is -2.20. The molecular formula is C21H18N2O3. The van der Waals surface area contributed by atoms with Crippen LogP contribution in [0.15, 0.2) is 73.1 Å². The van der Waals surface area contributed by atoms with Gasteiger partial charge in [-0.15, -0.1) is 0 Å². The summed E-state index contributed by atoms with van der Waals surface area (Å²) in [7, 11) is 0. The summed E-state index contributed by atoms with van der Waals surface area (Å²) in [6.07, 6.45) is 3.19. The van der Waals surface area contributed by atoms with Crippen molar-refractivity contribution in [2.45, 2.75) is 6.92 Å². The molecule has 0 saturated carbocycles. The lowest BCUT2D eigenvalue weighted by atomic mass is 9.99. The van der Waals surface area contributed by atoms with Gasteiger partial charge < -0.3 is 10.1 Å². The van der Waals surface area contributed by atoms with Crippen LogP contribution in [0.3, 0.4) is 0 Å². The average Bonchev–Trinajstić information content (AvgIpc) is 2.67. The molecule has 0 bridgehead atoms. The molecule has 5 heteroatoms. The Balaban J connectivity index is 1.59. The number of carbonyl (C=O) groups excluding carboxylic acids is 2. The molecule has 0 radical (unpaired) electrons. The molecule has 0 saturated heterocycles. The molecule has 0 spiro atoms. The molecule has 3 rings (SSSR count). The zero-order chi connectivity index (χ0) is 18.4. The summed E-state index contributed by atoms with van der Waals surface area (Å²) in [6.45, 7) is 1.78. The molecule has 0 unspecified atom stereocenters. The Morgan fingerprint density at radius 3 is 2.46 bits per heavy atom. The molecule has 0 atom stereocenters. The number of nitrogens with zero attached hydrogens (tertiary/aromatic N) is 1. The van der Waals surface area contributed by atoms with Crippen LogP contribution in [0, 0.1) is 6.92 Å². The number of ketones is 1. The topological polar surface area (TPSA) is 68.3 Å². The van der Waals surface area contributed by atoms with Gasteiger partial charge in [0.15, 0.2) is 12.4 Å². The van der Waals surface area contributed by atoms with Gasteiger partial charge in [0.05, 0.1) is 11.9 Å². The molecule has 2 aromatic carbocycles. The second kappa shape index (κ2) is 8.07. The summed E-state index contributed by atoms with van der Waals surface area (Å²) >= 11 is 0. The molecule has 5 nitrogen and oxygen atoms in total. The summed E-state index contributed by atoms with van der Waals surface area (Å²) < 4.78 is 5.46. The van der Waals surface area contributed by atoms with E-state index < -0.39 is 0 Å². The molecular weight excluding hydrogens is 328 g/mol. The second-order valence-electron chi connectivity index (χ2n) is 5.75. The highest BCUT2D eigenvalue weighted by Gasteiger charge is 2.11. The maximum absolute atomic E-state index is 12.5. The fourth-order valence-electron chi connectivity index (χ4n) is 2.47. The predicted octanol–water partition coefficient (Wildman–Crippen LogP) is 3.64. The van der Waals surface area contributed by atoms with E-state index in [0.717, 1.165) is 5.56 Å². The van der Waals surface area contributed by atoms with Crippen LogP contribution in [0.25, 0.3) is 0 Å². The second-order valence-corrected chi connectivity index (χ2v) is 5.75. The Bertz CT molecular complexity index is 906. The highest BCUT2D eigenvalue weighted by molar-refractivity contribution is 6.09. The fourth-order valence-corrected chi connectivity index (χ4v) is 2.47. The number of amides is 1. The molecule has 130 valence electrons. The van der Waals surface area contributed by atoms with E-state index in [1.54, 1.807) is 48.8 Å². The Morgan fingerprint density at radius 1 is 1.00 bits per heavy atom. The molecule has 1 aromatic heterocycles. The van der Waals surface area contributed by atoms with Gasteiger partial charge in [0.1, 0.15) is 5.75 Å². The standard InChI is InChI=1S/C21H18N2O3/c1-15-5-2-3-7-19(15)21(25)16-8-10-18(11-9-16)26-14-20(24)23-17-6-4-12-22-13-17/h2-13H,14H2,1H3,(H,23,24). The van der Waals surface area contributed by atoms with Crippen LogP contribution in [0.2, 0.25) is 0 Å². The summed E-state index contributed by atoms with van der Waals surface area (Å²) in [5.41, 5.74) is 2.80. The van der Waals surface area contributed by atoms with Crippen molar-refractivity contribution in [1.82, 2.24) is 4.98 Å². The zero-order valence-corrected chi connectivity index (χ0v) is 14.3. The minimum Gasteiger partial charge on any atom is -0.484 e. The molecule has 1 heterocycles. The van der Waals surface area contributed by atoms with E-state index in [9.17, 15) is 9.59 Å². The van der Waals surface area contributed by atoms with Crippen LogP contribution in [0.4, 0.5) is 5.69 Å². The Labute approximate surface area is 151 Å². The van der Waals surface area contributed by atoms with Crippen molar-refractivity contribution in [2.24, 2.45) is 0 Å². The van der Waals surface area contributed by atoms with Gasteiger partial charge in [-0.1, -0.05) is 24.3 Å². The first kappa shape index (κ1) is 17.4. The number of carbonyl (C=O) groups is 2. The monoisotopic (exact) mass is 346 g/mol. The van der Waals surface area contributed by atoms with Crippen molar-refractivity contribution in [3.8, 4) is 5.75 Å². The third kappa shape index (κ3) is 4.33. The van der Waals surface area contributed by atoms with Gasteiger partial charge in [0.25, 0.3) is 5.91 Å². The van der Waals surface area contributed by atoms with Gasteiger partial charge in [0, 0.05) is 17.3 Å². The smallest absolute Gasteiger partial charge is 0.262 e. The third-order valence-corrected chi connectivity index (χ3v) is 3.82. The normalized spacial score (nSPS) is 10.2. The Hall–Kier alpha value is -3.47. The molecule has 3 aromatic rings. The van der Waals surface area contributed by atoms with Crippen molar-refractivity contribution >= 4 is 17.4 Å². The van der Waals surface area contributed by atoms with E-state index >= 15 is 0 Å². The largest absolute Gasteiger partial charge is 0.484 e. The van der Waals surface area contributed by atoms with Crippen molar-refractivity contribution < 1.29 is 14.3 Å². The quantitative estimate of drug-likeness (QED) is 0.692. The van der Waals surface area contributed by atoms with Crippen LogP contribution in [0.1, 0.15) is 21.5 Å². The number of hydrogen-bond acceptors (Lipinski definition) is 4. The summed E-state index contributed by atoms with van der Waals surface area (Å²) in [5.74, 6) is 0.203. The number of hydrogen-bond donors (Lipinski definition) is 1. The molecule has 0 fully saturated rings. The minimum atomic E-state index is -0.280. The molecule has 0 aliphatic rings. The average molecular weight is 346 g/mol. The lowest BCUT2D eigenvalue weighted by molar-refractivity contribution is -0.118. The van der Waals surface area contributed by atoms with E-state index in [2.05, 4.69) is 10.3 Å². The number of aromatic nitrogens is 1. The van der Waals surface area contributed by atoms with E-state index in [0.29, 0.717) is 22.6 Å². The van der Waals surface area contributed by atoms with Crippen molar-refractivity contribution in [3.63, 3.8) is 0 Å². The minimum absolute atomic E-state index is 0.0380. The molecule has 1 N–H and O–H groups in total. The first-order valence-corrected chi connectivity index (χ1v) is 8.16. The van der Waals surface area contributed by atoms with E-state index in [1.165, 1.54) is 0 Å². The summed E-state index contributed by atoms with van der Waals surface area (Å²) in [5, 5.41) is 2.69. The van der Waals surface area contributed by atoms with Gasteiger partial charge >= 0.3 is 0 Å². The van der Waals surface area contributed by atoms with Crippen LogP contribution >= 0.6 is 0 Å². The number of benzene rings is 2. The maximum Gasteiger partial charge on any atom is 0.262 e. The number of aryl methyl sites for hydroxylation is 1. The van der Waals surface area contributed by atoms with Crippen molar-refractivity contribution in [2.75, 3.05) is 11.9 Å². The molecule has 0 aliphatic carbocycles. The number of rotatable bonds is 6. The van der Waals surface area contributed by atoms with Gasteiger partial charge in [-0.3, -0.25) is 14.6 Å². The zero-order valence-electron chi connectivity index (χ0n) is 14.3. The maximum atomic E-state index is 12.5. The van der Waals surface area contributed by atoms with Gasteiger partial charge in [-0.05, 0) is 48.9 Å². The Morgan fingerprint density at radius 2 is 1.77 bits per heavy atom. The first-order chi connectivity index (χ1) is 12.6. The van der Waals surface area contributed by atoms with E-state index in [1.807, 2.05) is 31.2 Å². The van der Waals surface area contributed by atoms with Crippen LogP contribution in [-0.2, 0) is 4.79 Å². The fraction of sp³-hybridized carbons (Fsp3) is 0.0952. The van der Waals surface area contributed by atoms with Crippen LogP contribution < -0.4 is 10.1 Å². The first-order valence-electron chi connectivity index (χ1n) is 8.16. The summed E-state index contributed by atoms with van der Waals surface area (Å²) in [6, 6.07) is 17.7. The van der Waals surface area contributed by atoms with Crippen LogP contribution in [-0.4, -0.2) is 23.3 Å². The highest BCUT2D eigenvalue weighted by Crippen LogP contribution is 2.17.